The zero-order chi connectivity index (χ0) is 19.1. The molecule has 3 saturated carbocycles. The van der Waals surface area contributed by atoms with Crippen LogP contribution < -0.4 is 5.43 Å². The van der Waals surface area contributed by atoms with E-state index in [2.05, 4.69) is 10.4 Å². The van der Waals surface area contributed by atoms with Crippen molar-refractivity contribution in [1.82, 2.24) is 15.4 Å². The molecule has 4 unspecified atom stereocenters. The number of nitrogens with zero attached hydrogens (tertiary/aromatic N) is 2. The molecule has 5 nitrogen and oxygen atoms in total. The van der Waals surface area contributed by atoms with Crippen molar-refractivity contribution >= 4 is 23.6 Å². The monoisotopic (exact) mass is 399 g/mol. The van der Waals surface area contributed by atoms with Crippen LogP contribution in [-0.4, -0.2) is 32.4 Å². The van der Waals surface area contributed by atoms with E-state index in [1.165, 1.54) is 57.8 Å². The first-order chi connectivity index (χ1) is 13.7. The van der Waals surface area contributed by atoms with Gasteiger partial charge in [0.05, 0.1) is 5.75 Å². The van der Waals surface area contributed by atoms with E-state index >= 15 is 0 Å². The van der Waals surface area contributed by atoms with Gasteiger partial charge in [-0.25, -0.2) is 5.01 Å². The number of hydrazine groups is 1. The summed E-state index contributed by atoms with van der Waals surface area (Å²) in [7, 11) is 0. The predicted octanol–water partition coefficient (Wildman–Crippen LogP) is 4.01. The second kappa shape index (κ2) is 7.36. The maximum absolute atomic E-state index is 13.0. The van der Waals surface area contributed by atoms with Crippen LogP contribution in [0.1, 0.15) is 68.1 Å². The molecule has 1 N–H and O–H groups in total. The molecule has 2 amide bonds. The number of nitrogens with one attached hydrogen (secondary N) is 1. The summed E-state index contributed by atoms with van der Waals surface area (Å²) in [6.45, 7) is 0. The normalized spacial score (nSPS) is 37.4. The van der Waals surface area contributed by atoms with E-state index in [1.54, 1.807) is 24.5 Å². The number of aromatic nitrogens is 1. The van der Waals surface area contributed by atoms with Crippen molar-refractivity contribution in [1.29, 1.82) is 0 Å². The highest BCUT2D eigenvalue weighted by Crippen LogP contribution is 2.62. The van der Waals surface area contributed by atoms with Crippen molar-refractivity contribution in [2.45, 2.75) is 62.7 Å². The summed E-state index contributed by atoms with van der Waals surface area (Å²) in [5.41, 5.74) is 3.63. The van der Waals surface area contributed by atoms with Crippen molar-refractivity contribution in [3.63, 3.8) is 0 Å². The van der Waals surface area contributed by atoms with E-state index in [0.29, 0.717) is 35.0 Å². The van der Waals surface area contributed by atoms with Gasteiger partial charge < -0.3 is 0 Å². The van der Waals surface area contributed by atoms with Gasteiger partial charge in [0, 0.05) is 18.0 Å². The van der Waals surface area contributed by atoms with Gasteiger partial charge in [-0.05, 0) is 55.1 Å². The van der Waals surface area contributed by atoms with Crippen LogP contribution in [0.5, 0.6) is 0 Å². The van der Waals surface area contributed by atoms with E-state index in [0.717, 1.165) is 0 Å². The molecular formula is C22H29N3O2S. The van der Waals surface area contributed by atoms with E-state index in [4.69, 9.17) is 0 Å². The van der Waals surface area contributed by atoms with Gasteiger partial charge in [0.15, 0.2) is 0 Å². The first-order valence-electron chi connectivity index (χ1n) is 10.9. The number of fused-ring (bicyclic) bond motifs is 4. The molecular weight excluding hydrogens is 370 g/mol. The van der Waals surface area contributed by atoms with Crippen molar-refractivity contribution in [3.05, 3.63) is 30.1 Å². The van der Waals surface area contributed by atoms with Crippen LogP contribution in [0.4, 0.5) is 0 Å². The van der Waals surface area contributed by atoms with Crippen LogP contribution in [0, 0.1) is 23.7 Å². The molecule has 150 valence electrons. The lowest BCUT2D eigenvalue weighted by atomic mass is 9.56. The first-order valence-corrected chi connectivity index (χ1v) is 11.9. The number of amides is 2. The number of hydrogen-bond donors (Lipinski definition) is 1. The Hall–Kier alpha value is -1.56. The molecule has 0 bridgehead atoms. The van der Waals surface area contributed by atoms with Gasteiger partial charge in [-0.1, -0.05) is 38.5 Å². The van der Waals surface area contributed by atoms with E-state index in [9.17, 15) is 9.59 Å². The Morgan fingerprint density at radius 3 is 2.29 bits per heavy atom. The molecule has 0 radical (unpaired) electrons. The minimum Gasteiger partial charge on any atom is -0.272 e. The second-order valence-electron chi connectivity index (χ2n) is 8.98. The maximum atomic E-state index is 13.0. The molecule has 4 fully saturated rings. The minimum atomic E-state index is -0.242. The predicted molar refractivity (Wildman–Crippen MR) is 109 cm³/mol. The van der Waals surface area contributed by atoms with Crippen LogP contribution in [-0.2, 0) is 4.79 Å². The Kier molecular flexibility index (Phi) is 4.85. The van der Waals surface area contributed by atoms with Gasteiger partial charge in [0.25, 0.3) is 11.8 Å². The molecule has 1 saturated heterocycles. The van der Waals surface area contributed by atoms with Crippen LogP contribution in [0.15, 0.2) is 24.5 Å². The molecule has 0 aromatic carbocycles. The Morgan fingerprint density at radius 1 is 1.04 bits per heavy atom. The molecule has 28 heavy (non-hydrogen) atoms. The van der Waals surface area contributed by atoms with Crippen LogP contribution in [0.2, 0.25) is 0 Å². The topological polar surface area (TPSA) is 62.3 Å². The molecule has 6 heteroatoms. The number of carbonyl (C=O) groups excluding carboxylic acids is 2. The van der Waals surface area contributed by atoms with Crippen molar-refractivity contribution < 1.29 is 9.59 Å². The number of rotatable bonds is 2. The number of pyridine rings is 1. The molecule has 3 aliphatic carbocycles. The molecule has 1 spiro atoms. The van der Waals surface area contributed by atoms with Gasteiger partial charge in [0.2, 0.25) is 0 Å². The summed E-state index contributed by atoms with van der Waals surface area (Å²) >= 11 is 1.84. The zero-order valence-electron chi connectivity index (χ0n) is 16.3. The quantitative estimate of drug-likeness (QED) is 0.816. The summed E-state index contributed by atoms with van der Waals surface area (Å²) in [6, 6.07) is 3.42. The van der Waals surface area contributed by atoms with Crippen molar-refractivity contribution in [2.24, 2.45) is 23.7 Å². The summed E-state index contributed by atoms with van der Waals surface area (Å²) in [6.07, 6.45) is 14.7. The number of hydrogen-bond acceptors (Lipinski definition) is 4. The largest absolute Gasteiger partial charge is 0.272 e. The highest BCUT2D eigenvalue weighted by molar-refractivity contribution is 8.01. The zero-order valence-corrected chi connectivity index (χ0v) is 17.1. The molecule has 1 aromatic rings. The van der Waals surface area contributed by atoms with E-state index < -0.39 is 0 Å². The van der Waals surface area contributed by atoms with Crippen molar-refractivity contribution in [2.75, 3.05) is 5.75 Å². The third-order valence-electron chi connectivity index (χ3n) is 7.67. The van der Waals surface area contributed by atoms with Crippen LogP contribution >= 0.6 is 11.8 Å². The number of thioether (sulfide) groups is 1. The summed E-state index contributed by atoms with van der Waals surface area (Å²) in [5.74, 6) is 2.79. The average Bonchev–Trinajstić information content (AvgIpc) is 3.06. The Morgan fingerprint density at radius 2 is 1.64 bits per heavy atom. The Labute approximate surface area is 171 Å². The van der Waals surface area contributed by atoms with Gasteiger partial charge in [-0.15, -0.1) is 11.8 Å². The van der Waals surface area contributed by atoms with E-state index in [1.807, 2.05) is 16.8 Å². The molecule has 4 atom stereocenters. The lowest BCUT2D eigenvalue weighted by molar-refractivity contribution is -0.145. The van der Waals surface area contributed by atoms with Crippen molar-refractivity contribution in [3.8, 4) is 0 Å². The fourth-order valence-electron chi connectivity index (χ4n) is 6.60. The Bertz CT molecular complexity index is 733. The maximum Gasteiger partial charge on any atom is 0.270 e. The lowest BCUT2D eigenvalue weighted by Crippen LogP contribution is -2.66. The molecule has 1 aromatic heterocycles. The molecule has 1 aliphatic heterocycles. The fourth-order valence-corrected chi connectivity index (χ4v) is 8.41. The lowest BCUT2D eigenvalue weighted by Gasteiger charge is -2.59. The van der Waals surface area contributed by atoms with Gasteiger partial charge in [-0.2, -0.15) is 0 Å². The van der Waals surface area contributed by atoms with E-state index in [-0.39, 0.29) is 16.7 Å². The smallest absolute Gasteiger partial charge is 0.270 e. The summed E-state index contributed by atoms with van der Waals surface area (Å²) < 4.78 is 0. The first kappa shape index (κ1) is 18.5. The Balaban J connectivity index is 1.51. The standard InChI is InChI=1S/C22H29N3O2S/c26-20-14-28-22(25(20)24-21(27)15-9-11-23-12-10-15)18-7-3-1-5-16(18)13-17-6-2-4-8-19(17)22/h9-12,16-19H,1-8,13-14H2,(H,24,27). The summed E-state index contributed by atoms with van der Waals surface area (Å²) in [5, 5.41) is 1.81. The highest BCUT2D eigenvalue weighted by atomic mass is 32.2. The van der Waals surface area contributed by atoms with Gasteiger partial charge in [-0.3, -0.25) is 20.0 Å². The summed E-state index contributed by atoms with van der Waals surface area (Å²) in [4.78, 5) is 29.8. The third-order valence-corrected chi connectivity index (χ3v) is 9.31. The van der Waals surface area contributed by atoms with Gasteiger partial charge in [0.1, 0.15) is 4.87 Å². The second-order valence-corrected chi connectivity index (χ2v) is 10.2. The molecule has 4 aliphatic rings. The fraction of sp³-hybridized carbons (Fsp3) is 0.682. The third kappa shape index (κ3) is 2.87. The minimum absolute atomic E-state index is 0.0722. The number of carbonyl (C=O) groups is 2. The average molecular weight is 400 g/mol. The van der Waals surface area contributed by atoms with Crippen LogP contribution in [0.3, 0.4) is 0 Å². The molecule has 5 rings (SSSR count). The SMILES string of the molecule is O=C(NN1C(=O)CSC12C1CCCCC1CC1CCCCC12)c1ccncc1. The van der Waals surface area contributed by atoms with Crippen LogP contribution in [0.25, 0.3) is 0 Å². The highest BCUT2D eigenvalue weighted by Gasteiger charge is 2.63. The molecule has 2 heterocycles. The van der Waals surface area contributed by atoms with Gasteiger partial charge >= 0.3 is 0 Å².